The van der Waals surface area contributed by atoms with E-state index in [0.29, 0.717) is 0 Å². The molecule has 0 saturated heterocycles. The standard InChI is InChI=1S/C14H18BrN3/c1-10-4-5-11(15)8-12(10)13(16-2)9-14-17-6-7-18(14)3/h4-8,13,16H,9H2,1-3H3. The number of halogens is 1. The zero-order chi connectivity index (χ0) is 13.1. The van der Waals surface area contributed by atoms with Crippen molar-refractivity contribution < 1.29 is 0 Å². The molecule has 4 heteroatoms. The Hall–Kier alpha value is -1.13. The fourth-order valence-corrected chi connectivity index (χ4v) is 2.51. The Kier molecular flexibility index (Phi) is 4.19. The molecule has 0 aliphatic heterocycles. The normalized spacial score (nSPS) is 12.7. The maximum absolute atomic E-state index is 4.39. The molecular weight excluding hydrogens is 290 g/mol. The summed E-state index contributed by atoms with van der Waals surface area (Å²) in [6.45, 7) is 2.14. The summed E-state index contributed by atoms with van der Waals surface area (Å²) in [7, 11) is 4.02. The van der Waals surface area contributed by atoms with E-state index in [1.807, 2.05) is 26.5 Å². The van der Waals surface area contributed by atoms with E-state index in [9.17, 15) is 0 Å². The number of nitrogens with one attached hydrogen (secondary N) is 1. The first-order chi connectivity index (χ1) is 8.61. The molecule has 2 aromatic rings. The number of aryl methyl sites for hydroxylation is 2. The summed E-state index contributed by atoms with van der Waals surface area (Å²) >= 11 is 3.54. The molecular formula is C14H18BrN3. The Morgan fingerprint density at radius 2 is 2.22 bits per heavy atom. The summed E-state index contributed by atoms with van der Waals surface area (Å²) in [5.41, 5.74) is 2.61. The third-order valence-electron chi connectivity index (χ3n) is 3.27. The largest absolute Gasteiger partial charge is 0.338 e. The highest BCUT2D eigenvalue weighted by Crippen LogP contribution is 2.24. The topological polar surface area (TPSA) is 29.9 Å². The maximum atomic E-state index is 4.39. The van der Waals surface area contributed by atoms with Gasteiger partial charge in [-0.25, -0.2) is 4.98 Å². The van der Waals surface area contributed by atoms with E-state index in [0.717, 1.165) is 16.7 Å². The summed E-state index contributed by atoms with van der Waals surface area (Å²) in [5, 5.41) is 3.38. The van der Waals surface area contributed by atoms with Gasteiger partial charge in [-0.15, -0.1) is 0 Å². The second-order valence-electron chi connectivity index (χ2n) is 4.50. The van der Waals surface area contributed by atoms with Gasteiger partial charge >= 0.3 is 0 Å². The number of benzene rings is 1. The van der Waals surface area contributed by atoms with Crippen LogP contribution in [0.5, 0.6) is 0 Å². The minimum atomic E-state index is 0.281. The summed E-state index contributed by atoms with van der Waals surface area (Å²) in [6.07, 6.45) is 4.71. The molecule has 0 bridgehead atoms. The molecule has 0 amide bonds. The van der Waals surface area contributed by atoms with Crippen molar-refractivity contribution in [2.75, 3.05) is 7.05 Å². The van der Waals surface area contributed by atoms with E-state index < -0.39 is 0 Å². The van der Waals surface area contributed by atoms with Crippen LogP contribution in [0.4, 0.5) is 0 Å². The molecule has 1 aromatic carbocycles. The zero-order valence-electron chi connectivity index (χ0n) is 10.9. The predicted molar refractivity (Wildman–Crippen MR) is 77.6 cm³/mol. The number of likely N-dealkylation sites (N-methyl/N-ethyl adjacent to an activating group) is 1. The van der Waals surface area contributed by atoms with Crippen molar-refractivity contribution in [3.63, 3.8) is 0 Å². The Balaban J connectivity index is 2.28. The van der Waals surface area contributed by atoms with Gasteiger partial charge in [0.2, 0.25) is 0 Å². The molecule has 0 radical (unpaired) electrons. The quantitative estimate of drug-likeness (QED) is 0.941. The smallest absolute Gasteiger partial charge is 0.110 e. The van der Waals surface area contributed by atoms with Gasteiger partial charge in [0.15, 0.2) is 0 Å². The second-order valence-corrected chi connectivity index (χ2v) is 5.42. The van der Waals surface area contributed by atoms with Crippen molar-refractivity contribution in [3.05, 3.63) is 52.0 Å². The maximum Gasteiger partial charge on any atom is 0.110 e. The number of imidazole rings is 1. The van der Waals surface area contributed by atoms with Crippen molar-refractivity contribution in [1.82, 2.24) is 14.9 Å². The molecule has 2 rings (SSSR count). The van der Waals surface area contributed by atoms with E-state index in [1.54, 1.807) is 0 Å². The lowest BCUT2D eigenvalue weighted by atomic mass is 9.98. The Morgan fingerprint density at radius 1 is 1.44 bits per heavy atom. The first-order valence-electron chi connectivity index (χ1n) is 6.01. The third kappa shape index (κ3) is 2.82. The van der Waals surface area contributed by atoms with Crippen LogP contribution in [-0.4, -0.2) is 16.6 Å². The Labute approximate surface area is 116 Å². The van der Waals surface area contributed by atoms with Crippen LogP contribution in [0.25, 0.3) is 0 Å². The van der Waals surface area contributed by atoms with E-state index in [2.05, 4.69) is 55.9 Å². The van der Waals surface area contributed by atoms with Crippen molar-refractivity contribution in [2.24, 2.45) is 7.05 Å². The molecule has 1 N–H and O–H groups in total. The molecule has 0 aliphatic carbocycles. The molecule has 0 fully saturated rings. The summed E-state index contributed by atoms with van der Waals surface area (Å²) in [5.74, 6) is 1.09. The van der Waals surface area contributed by atoms with Crippen LogP contribution in [0, 0.1) is 6.92 Å². The molecule has 96 valence electrons. The number of hydrogen-bond donors (Lipinski definition) is 1. The van der Waals surface area contributed by atoms with Crippen LogP contribution in [-0.2, 0) is 13.5 Å². The fraction of sp³-hybridized carbons (Fsp3) is 0.357. The van der Waals surface area contributed by atoms with E-state index in [1.165, 1.54) is 11.1 Å². The van der Waals surface area contributed by atoms with Gasteiger partial charge in [-0.2, -0.15) is 0 Å². The van der Waals surface area contributed by atoms with Crippen LogP contribution in [0.1, 0.15) is 23.0 Å². The molecule has 18 heavy (non-hydrogen) atoms. The monoisotopic (exact) mass is 307 g/mol. The first kappa shape index (κ1) is 13.3. The van der Waals surface area contributed by atoms with Crippen LogP contribution in [0.15, 0.2) is 35.1 Å². The molecule has 1 atom stereocenters. The summed E-state index contributed by atoms with van der Waals surface area (Å²) in [6, 6.07) is 6.68. The molecule has 1 aromatic heterocycles. The number of aromatic nitrogens is 2. The van der Waals surface area contributed by atoms with Gasteiger partial charge in [-0.1, -0.05) is 22.0 Å². The van der Waals surface area contributed by atoms with Crippen LogP contribution < -0.4 is 5.32 Å². The molecule has 3 nitrogen and oxygen atoms in total. The third-order valence-corrected chi connectivity index (χ3v) is 3.77. The van der Waals surface area contributed by atoms with Gasteiger partial charge in [-0.05, 0) is 37.2 Å². The minimum absolute atomic E-state index is 0.281. The Bertz CT molecular complexity index is 534. The molecule has 0 spiro atoms. The van der Waals surface area contributed by atoms with Crippen LogP contribution in [0.2, 0.25) is 0 Å². The highest BCUT2D eigenvalue weighted by atomic mass is 79.9. The summed E-state index contributed by atoms with van der Waals surface area (Å²) in [4.78, 5) is 4.39. The van der Waals surface area contributed by atoms with Gasteiger partial charge in [0.05, 0.1) is 0 Å². The predicted octanol–water partition coefficient (Wildman–Crippen LogP) is 2.99. The van der Waals surface area contributed by atoms with Gasteiger partial charge in [0.1, 0.15) is 5.82 Å². The average molecular weight is 308 g/mol. The lowest BCUT2D eigenvalue weighted by molar-refractivity contribution is 0.561. The fourth-order valence-electron chi connectivity index (χ4n) is 2.13. The van der Waals surface area contributed by atoms with Crippen molar-refractivity contribution >= 4 is 15.9 Å². The average Bonchev–Trinajstić information content (AvgIpc) is 2.75. The zero-order valence-corrected chi connectivity index (χ0v) is 12.5. The highest BCUT2D eigenvalue weighted by Gasteiger charge is 2.15. The number of nitrogens with zero attached hydrogens (tertiary/aromatic N) is 2. The van der Waals surface area contributed by atoms with Crippen molar-refractivity contribution in [2.45, 2.75) is 19.4 Å². The van der Waals surface area contributed by atoms with Gasteiger partial charge in [-0.3, -0.25) is 0 Å². The van der Waals surface area contributed by atoms with Gasteiger partial charge in [0.25, 0.3) is 0 Å². The Morgan fingerprint density at radius 3 is 2.83 bits per heavy atom. The molecule has 0 saturated carbocycles. The molecule has 1 heterocycles. The molecule has 0 aliphatic rings. The minimum Gasteiger partial charge on any atom is -0.338 e. The number of rotatable bonds is 4. The van der Waals surface area contributed by atoms with Crippen LogP contribution in [0.3, 0.4) is 0 Å². The lowest BCUT2D eigenvalue weighted by Crippen LogP contribution is -2.21. The SMILES string of the molecule is CNC(Cc1nccn1C)c1cc(Br)ccc1C. The highest BCUT2D eigenvalue weighted by molar-refractivity contribution is 9.10. The van der Waals surface area contributed by atoms with E-state index in [4.69, 9.17) is 0 Å². The van der Waals surface area contributed by atoms with E-state index >= 15 is 0 Å². The van der Waals surface area contributed by atoms with Crippen LogP contribution >= 0.6 is 15.9 Å². The lowest BCUT2D eigenvalue weighted by Gasteiger charge is -2.19. The van der Waals surface area contributed by atoms with E-state index in [-0.39, 0.29) is 6.04 Å². The second kappa shape index (κ2) is 5.67. The van der Waals surface area contributed by atoms with Crippen molar-refractivity contribution in [3.8, 4) is 0 Å². The number of hydrogen-bond acceptors (Lipinski definition) is 2. The summed E-state index contributed by atoms with van der Waals surface area (Å²) < 4.78 is 3.18. The molecule has 1 unspecified atom stereocenters. The first-order valence-corrected chi connectivity index (χ1v) is 6.80. The van der Waals surface area contributed by atoms with Gasteiger partial charge < -0.3 is 9.88 Å². The van der Waals surface area contributed by atoms with Gasteiger partial charge in [0, 0.05) is 36.4 Å². The van der Waals surface area contributed by atoms with Crippen molar-refractivity contribution in [1.29, 1.82) is 0 Å².